The lowest BCUT2D eigenvalue weighted by Crippen LogP contribution is -2.35. The Kier molecular flexibility index (Phi) is 6.00. The van der Waals surface area contributed by atoms with E-state index in [9.17, 15) is 4.79 Å². The summed E-state index contributed by atoms with van der Waals surface area (Å²) in [5.74, 6) is 1.54. The molecule has 3 rings (SSSR count). The standard InChI is InChI=1S/C19H23ClN2O3/c1-2-24-17-7-4-3-6-16(17)19(23)22-11-5-10-21(12-13-22)14-15-8-9-18(20)25-15/h3-4,6-9H,2,5,10-14H2,1H3. The second-order valence-electron chi connectivity index (χ2n) is 6.06. The Labute approximate surface area is 153 Å². The van der Waals surface area contributed by atoms with Gasteiger partial charge in [0, 0.05) is 26.2 Å². The van der Waals surface area contributed by atoms with Crippen LogP contribution in [0.1, 0.15) is 29.5 Å². The molecule has 0 aliphatic carbocycles. The third-order valence-corrected chi connectivity index (χ3v) is 4.50. The summed E-state index contributed by atoms with van der Waals surface area (Å²) in [4.78, 5) is 17.1. The van der Waals surface area contributed by atoms with Gasteiger partial charge in [0.05, 0.1) is 18.7 Å². The highest BCUT2D eigenvalue weighted by Gasteiger charge is 2.23. The summed E-state index contributed by atoms with van der Waals surface area (Å²) in [7, 11) is 0. The van der Waals surface area contributed by atoms with Crippen molar-refractivity contribution in [1.82, 2.24) is 9.80 Å². The van der Waals surface area contributed by atoms with Crippen LogP contribution in [0.15, 0.2) is 40.8 Å². The van der Waals surface area contributed by atoms with Crippen molar-refractivity contribution >= 4 is 17.5 Å². The second kappa shape index (κ2) is 8.41. The van der Waals surface area contributed by atoms with Gasteiger partial charge in [-0.05, 0) is 49.2 Å². The number of amides is 1. The lowest BCUT2D eigenvalue weighted by molar-refractivity contribution is 0.0756. The normalized spacial score (nSPS) is 15.8. The van der Waals surface area contributed by atoms with Crippen LogP contribution < -0.4 is 4.74 Å². The number of ether oxygens (including phenoxy) is 1. The van der Waals surface area contributed by atoms with E-state index in [1.807, 2.05) is 42.2 Å². The van der Waals surface area contributed by atoms with Crippen molar-refractivity contribution in [2.45, 2.75) is 19.9 Å². The van der Waals surface area contributed by atoms with E-state index >= 15 is 0 Å². The Morgan fingerprint density at radius 2 is 2.00 bits per heavy atom. The molecule has 0 radical (unpaired) electrons. The Hall–Kier alpha value is -1.98. The molecule has 0 unspecified atom stereocenters. The second-order valence-corrected chi connectivity index (χ2v) is 6.43. The Balaban J connectivity index is 1.63. The number of rotatable bonds is 5. The predicted molar refractivity (Wildman–Crippen MR) is 97.1 cm³/mol. The average Bonchev–Trinajstić information content (AvgIpc) is 2.88. The number of hydrogen-bond acceptors (Lipinski definition) is 4. The van der Waals surface area contributed by atoms with Crippen LogP contribution in [0, 0.1) is 0 Å². The first-order chi connectivity index (χ1) is 12.2. The fraction of sp³-hybridized carbons (Fsp3) is 0.421. The van der Waals surface area contributed by atoms with Gasteiger partial charge in [-0.2, -0.15) is 0 Å². The number of carbonyl (C=O) groups excluding carboxylic acids is 1. The molecule has 1 saturated heterocycles. The van der Waals surface area contributed by atoms with E-state index in [-0.39, 0.29) is 5.91 Å². The van der Waals surface area contributed by atoms with Crippen molar-refractivity contribution in [3.05, 3.63) is 52.9 Å². The van der Waals surface area contributed by atoms with E-state index in [1.54, 1.807) is 6.07 Å². The van der Waals surface area contributed by atoms with Crippen LogP contribution in [-0.4, -0.2) is 48.5 Å². The van der Waals surface area contributed by atoms with Gasteiger partial charge in [-0.25, -0.2) is 0 Å². The molecular formula is C19H23ClN2O3. The zero-order chi connectivity index (χ0) is 17.6. The van der Waals surface area contributed by atoms with Crippen molar-refractivity contribution in [3.63, 3.8) is 0 Å². The number of furan rings is 1. The van der Waals surface area contributed by atoms with E-state index in [2.05, 4.69) is 4.90 Å². The third-order valence-electron chi connectivity index (χ3n) is 4.30. The molecule has 6 heteroatoms. The Bertz CT molecular complexity index is 716. The summed E-state index contributed by atoms with van der Waals surface area (Å²) in [6.45, 7) is 6.35. The van der Waals surface area contributed by atoms with Crippen molar-refractivity contribution in [1.29, 1.82) is 0 Å². The minimum absolute atomic E-state index is 0.0342. The van der Waals surface area contributed by atoms with E-state index in [4.69, 9.17) is 20.8 Å². The molecule has 0 saturated carbocycles. The fourth-order valence-corrected chi connectivity index (χ4v) is 3.25. The quantitative estimate of drug-likeness (QED) is 0.814. The molecule has 0 bridgehead atoms. The first kappa shape index (κ1) is 17.8. The highest BCUT2D eigenvalue weighted by atomic mass is 35.5. The van der Waals surface area contributed by atoms with Crippen LogP contribution in [0.5, 0.6) is 5.75 Å². The molecule has 134 valence electrons. The van der Waals surface area contributed by atoms with Crippen LogP contribution in [0.25, 0.3) is 0 Å². The summed E-state index contributed by atoms with van der Waals surface area (Å²) in [6, 6.07) is 11.1. The molecule has 2 aromatic rings. The Morgan fingerprint density at radius 1 is 1.16 bits per heavy atom. The maximum Gasteiger partial charge on any atom is 0.257 e. The van der Waals surface area contributed by atoms with Crippen LogP contribution in [-0.2, 0) is 6.54 Å². The van der Waals surface area contributed by atoms with Crippen molar-refractivity contribution in [3.8, 4) is 5.75 Å². The topological polar surface area (TPSA) is 45.9 Å². The summed E-state index contributed by atoms with van der Waals surface area (Å²) in [5.41, 5.74) is 0.635. The van der Waals surface area contributed by atoms with Gasteiger partial charge in [0.2, 0.25) is 0 Å². The van der Waals surface area contributed by atoms with Crippen molar-refractivity contribution in [2.24, 2.45) is 0 Å². The first-order valence-corrected chi connectivity index (χ1v) is 9.03. The third kappa shape index (κ3) is 4.55. The van der Waals surface area contributed by atoms with Crippen LogP contribution in [0.3, 0.4) is 0 Å². The van der Waals surface area contributed by atoms with Gasteiger partial charge in [-0.1, -0.05) is 12.1 Å². The highest BCUT2D eigenvalue weighted by Crippen LogP contribution is 2.21. The molecular weight excluding hydrogens is 340 g/mol. The molecule has 0 N–H and O–H groups in total. The molecule has 25 heavy (non-hydrogen) atoms. The summed E-state index contributed by atoms with van der Waals surface area (Å²) in [6.07, 6.45) is 0.928. The zero-order valence-corrected chi connectivity index (χ0v) is 15.2. The number of hydrogen-bond donors (Lipinski definition) is 0. The van der Waals surface area contributed by atoms with E-state index in [0.29, 0.717) is 36.2 Å². The number of nitrogens with zero attached hydrogens (tertiary/aromatic N) is 2. The molecule has 0 atom stereocenters. The van der Waals surface area contributed by atoms with E-state index in [1.165, 1.54) is 0 Å². The molecule has 5 nitrogen and oxygen atoms in total. The average molecular weight is 363 g/mol. The van der Waals surface area contributed by atoms with Gasteiger partial charge in [0.15, 0.2) is 5.22 Å². The van der Waals surface area contributed by atoms with Crippen LogP contribution in [0.4, 0.5) is 0 Å². The summed E-state index contributed by atoms with van der Waals surface area (Å²) in [5, 5.41) is 0.411. The Morgan fingerprint density at radius 3 is 2.76 bits per heavy atom. The molecule has 1 fully saturated rings. The van der Waals surface area contributed by atoms with Crippen molar-refractivity contribution in [2.75, 3.05) is 32.8 Å². The van der Waals surface area contributed by atoms with Gasteiger partial charge in [0.1, 0.15) is 11.5 Å². The molecule has 0 spiro atoms. The molecule has 1 aliphatic heterocycles. The number of para-hydroxylation sites is 1. The smallest absolute Gasteiger partial charge is 0.257 e. The van der Waals surface area contributed by atoms with Gasteiger partial charge in [-0.15, -0.1) is 0 Å². The van der Waals surface area contributed by atoms with Gasteiger partial charge < -0.3 is 14.1 Å². The molecule has 1 amide bonds. The number of benzene rings is 1. The molecule has 1 aromatic carbocycles. The largest absolute Gasteiger partial charge is 0.493 e. The van der Waals surface area contributed by atoms with E-state index < -0.39 is 0 Å². The minimum Gasteiger partial charge on any atom is -0.493 e. The SMILES string of the molecule is CCOc1ccccc1C(=O)N1CCCN(Cc2ccc(Cl)o2)CC1. The molecule has 2 heterocycles. The van der Waals surface area contributed by atoms with Crippen molar-refractivity contribution < 1.29 is 13.9 Å². The predicted octanol–water partition coefficient (Wildman–Crippen LogP) is 3.68. The molecule has 1 aliphatic rings. The van der Waals surface area contributed by atoms with Gasteiger partial charge >= 0.3 is 0 Å². The van der Waals surface area contributed by atoms with Gasteiger partial charge in [0.25, 0.3) is 5.91 Å². The lowest BCUT2D eigenvalue weighted by Gasteiger charge is -2.22. The number of halogens is 1. The van der Waals surface area contributed by atoms with Crippen LogP contribution in [0.2, 0.25) is 5.22 Å². The summed E-state index contributed by atoms with van der Waals surface area (Å²) >= 11 is 5.83. The first-order valence-electron chi connectivity index (χ1n) is 8.65. The fourth-order valence-electron chi connectivity index (χ4n) is 3.08. The zero-order valence-electron chi connectivity index (χ0n) is 14.4. The lowest BCUT2D eigenvalue weighted by atomic mass is 10.1. The maximum atomic E-state index is 12.9. The van der Waals surface area contributed by atoms with Crippen LogP contribution >= 0.6 is 11.6 Å². The van der Waals surface area contributed by atoms with E-state index in [0.717, 1.165) is 31.8 Å². The van der Waals surface area contributed by atoms with Gasteiger partial charge in [-0.3, -0.25) is 9.69 Å². The maximum absolute atomic E-state index is 12.9. The number of carbonyl (C=O) groups is 1. The molecule has 1 aromatic heterocycles. The minimum atomic E-state index is 0.0342. The highest BCUT2D eigenvalue weighted by molar-refractivity contribution is 6.28. The monoisotopic (exact) mass is 362 g/mol. The summed E-state index contributed by atoms with van der Waals surface area (Å²) < 4.78 is 11.0.